The minimum atomic E-state index is -0.460. The molecule has 0 spiro atoms. The minimum absolute atomic E-state index is 0.442. The monoisotopic (exact) mass is 330 g/mol. The van der Waals surface area contributed by atoms with Gasteiger partial charge in [0.1, 0.15) is 0 Å². The van der Waals surface area contributed by atoms with Crippen molar-refractivity contribution in [3.05, 3.63) is 78.4 Å². The molecule has 2 amide bonds. The Labute approximate surface area is 146 Å². The maximum absolute atomic E-state index is 12.7. The summed E-state index contributed by atoms with van der Waals surface area (Å²) in [5, 5.41) is 2.05. The van der Waals surface area contributed by atoms with E-state index in [-0.39, 0.29) is 0 Å². The van der Waals surface area contributed by atoms with E-state index in [9.17, 15) is 9.59 Å². The summed E-state index contributed by atoms with van der Waals surface area (Å²) < 4.78 is 0. The Bertz CT molecular complexity index is 932. The molecule has 1 aliphatic heterocycles. The number of carbonyl (C=O) groups excluding carboxylic acids is 2. The quantitative estimate of drug-likeness (QED) is 0.692. The smallest absolute Gasteiger partial charge is 0.316 e. The number of amides is 2. The number of hydrogen-bond donors (Lipinski definition) is 0. The lowest BCUT2D eigenvalue weighted by Gasteiger charge is -2.34. The number of carbonyl (C=O) groups is 2. The molecule has 4 nitrogen and oxygen atoms in total. The van der Waals surface area contributed by atoms with Crippen LogP contribution in [0.4, 0.5) is 5.69 Å². The van der Waals surface area contributed by atoms with Crippen LogP contribution in [0.3, 0.4) is 0 Å². The van der Waals surface area contributed by atoms with Gasteiger partial charge >= 0.3 is 11.8 Å². The fourth-order valence-electron chi connectivity index (χ4n) is 3.30. The van der Waals surface area contributed by atoms with E-state index in [4.69, 9.17) is 0 Å². The Balaban J connectivity index is 1.60. The van der Waals surface area contributed by atoms with E-state index in [2.05, 4.69) is 0 Å². The molecular formula is C21H18N2O2. The van der Waals surface area contributed by atoms with Gasteiger partial charge in [-0.15, -0.1) is 0 Å². The van der Waals surface area contributed by atoms with Gasteiger partial charge < -0.3 is 9.80 Å². The van der Waals surface area contributed by atoms with Crippen LogP contribution in [0.15, 0.2) is 72.8 Å². The van der Waals surface area contributed by atoms with Gasteiger partial charge in [-0.1, -0.05) is 66.7 Å². The lowest BCUT2D eigenvalue weighted by molar-refractivity contribution is -0.146. The van der Waals surface area contributed by atoms with E-state index in [1.54, 1.807) is 9.80 Å². The molecule has 0 atom stereocenters. The molecule has 0 unspecified atom stereocenters. The molecule has 0 bridgehead atoms. The molecule has 1 saturated heterocycles. The topological polar surface area (TPSA) is 40.6 Å². The van der Waals surface area contributed by atoms with Crippen LogP contribution in [0.5, 0.6) is 0 Å². The van der Waals surface area contributed by atoms with Crippen molar-refractivity contribution < 1.29 is 9.59 Å². The molecule has 0 aromatic heterocycles. The summed E-state index contributed by atoms with van der Waals surface area (Å²) in [6.45, 7) is 1.50. The first-order valence-corrected chi connectivity index (χ1v) is 8.36. The molecular weight excluding hydrogens is 312 g/mol. The fraction of sp³-hybridized carbons (Fsp3) is 0.143. The van der Waals surface area contributed by atoms with Crippen molar-refractivity contribution in [3.63, 3.8) is 0 Å². The lowest BCUT2D eigenvalue weighted by atomic mass is 10.1. The second-order valence-electron chi connectivity index (χ2n) is 6.17. The van der Waals surface area contributed by atoms with E-state index < -0.39 is 11.8 Å². The SMILES string of the molecule is O=C1C(=O)N(c2cccc3ccccc23)CCN1Cc1ccccc1. The fourth-order valence-corrected chi connectivity index (χ4v) is 3.30. The van der Waals surface area contributed by atoms with E-state index in [0.717, 1.165) is 22.0 Å². The molecule has 4 heteroatoms. The Hall–Kier alpha value is -3.14. The lowest BCUT2D eigenvalue weighted by Crippen LogP contribution is -2.54. The first-order chi connectivity index (χ1) is 12.2. The van der Waals surface area contributed by atoms with Gasteiger partial charge in [0.2, 0.25) is 0 Å². The van der Waals surface area contributed by atoms with Crippen molar-refractivity contribution in [2.24, 2.45) is 0 Å². The third-order valence-electron chi connectivity index (χ3n) is 4.58. The molecule has 1 aliphatic rings. The highest BCUT2D eigenvalue weighted by atomic mass is 16.2. The molecule has 1 heterocycles. The largest absolute Gasteiger partial charge is 0.328 e. The Morgan fingerprint density at radius 3 is 2.28 bits per heavy atom. The molecule has 3 aromatic carbocycles. The van der Waals surface area contributed by atoms with Crippen LogP contribution < -0.4 is 4.90 Å². The maximum atomic E-state index is 12.7. The third-order valence-corrected chi connectivity index (χ3v) is 4.58. The zero-order chi connectivity index (χ0) is 17.2. The zero-order valence-electron chi connectivity index (χ0n) is 13.8. The van der Waals surface area contributed by atoms with E-state index in [1.807, 2.05) is 72.8 Å². The first-order valence-electron chi connectivity index (χ1n) is 8.36. The molecule has 124 valence electrons. The second kappa shape index (κ2) is 6.40. The number of piperazine rings is 1. The second-order valence-corrected chi connectivity index (χ2v) is 6.17. The standard InChI is InChI=1S/C21H18N2O2/c24-20-21(25)23(14-13-22(20)15-16-7-2-1-3-8-16)19-12-6-10-17-9-4-5-11-18(17)19/h1-12H,13-15H2. The Morgan fingerprint density at radius 1 is 0.720 bits per heavy atom. The Kier molecular flexibility index (Phi) is 3.94. The van der Waals surface area contributed by atoms with Crippen molar-refractivity contribution in [3.8, 4) is 0 Å². The summed E-state index contributed by atoms with van der Waals surface area (Å²) in [5.74, 6) is -0.901. The number of fused-ring (bicyclic) bond motifs is 1. The Morgan fingerprint density at radius 2 is 1.44 bits per heavy atom. The minimum Gasteiger partial charge on any atom is -0.328 e. The van der Waals surface area contributed by atoms with Crippen LogP contribution in [0.25, 0.3) is 10.8 Å². The van der Waals surface area contributed by atoms with Crippen molar-refractivity contribution in [1.82, 2.24) is 4.90 Å². The molecule has 0 aliphatic carbocycles. The molecule has 0 saturated carbocycles. The van der Waals surface area contributed by atoms with Crippen LogP contribution >= 0.6 is 0 Å². The zero-order valence-corrected chi connectivity index (χ0v) is 13.8. The van der Waals surface area contributed by atoms with Crippen molar-refractivity contribution in [2.45, 2.75) is 6.54 Å². The van der Waals surface area contributed by atoms with Crippen molar-refractivity contribution in [2.75, 3.05) is 18.0 Å². The molecule has 3 aromatic rings. The van der Waals surface area contributed by atoms with Crippen LogP contribution in [0, 0.1) is 0 Å². The molecule has 0 radical (unpaired) electrons. The van der Waals surface area contributed by atoms with Gasteiger partial charge in [0.05, 0.1) is 5.69 Å². The molecule has 25 heavy (non-hydrogen) atoms. The summed E-state index contributed by atoms with van der Waals surface area (Å²) in [5.41, 5.74) is 1.83. The summed E-state index contributed by atoms with van der Waals surface area (Å²) >= 11 is 0. The van der Waals surface area contributed by atoms with Gasteiger partial charge in [-0.2, -0.15) is 0 Å². The van der Waals surface area contributed by atoms with Gasteiger partial charge in [0.15, 0.2) is 0 Å². The normalized spacial score (nSPS) is 15.0. The number of anilines is 1. The van der Waals surface area contributed by atoms with Gasteiger partial charge in [-0.05, 0) is 17.0 Å². The van der Waals surface area contributed by atoms with E-state index >= 15 is 0 Å². The number of nitrogens with zero attached hydrogens (tertiary/aromatic N) is 2. The average Bonchev–Trinajstić information content (AvgIpc) is 2.66. The summed E-state index contributed by atoms with van der Waals surface area (Å²) in [6.07, 6.45) is 0. The summed E-state index contributed by atoms with van der Waals surface area (Å²) in [4.78, 5) is 28.5. The summed E-state index contributed by atoms with van der Waals surface area (Å²) in [6, 6.07) is 23.5. The van der Waals surface area contributed by atoms with Gasteiger partial charge in [-0.3, -0.25) is 9.59 Å². The van der Waals surface area contributed by atoms with Gasteiger partial charge in [-0.25, -0.2) is 0 Å². The van der Waals surface area contributed by atoms with Gasteiger partial charge in [0.25, 0.3) is 0 Å². The van der Waals surface area contributed by atoms with Crippen LogP contribution in [0.2, 0.25) is 0 Å². The van der Waals surface area contributed by atoms with Crippen molar-refractivity contribution in [1.29, 1.82) is 0 Å². The number of rotatable bonds is 3. The van der Waals surface area contributed by atoms with Crippen LogP contribution in [-0.4, -0.2) is 29.8 Å². The number of benzene rings is 3. The molecule has 1 fully saturated rings. The molecule has 4 rings (SSSR count). The summed E-state index contributed by atoms with van der Waals surface area (Å²) in [7, 11) is 0. The predicted molar refractivity (Wildman–Crippen MR) is 98.2 cm³/mol. The highest BCUT2D eigenvalue weighted by Crippen LogP contribution is 2.28. The first kappa shape index (κ1) is 15.4. The van der Waals surface area contributed by atoms with Crippen LogP contribution in [-0.2, 0) is 16.1 Å². The third kappa shape index (κ3) is 2.87. The maximum Gasteiger partial charge on any atom is 0.316 e. The predicted octanol–water partition coefficient (Wildman–Crippen LogP) is 3.22. The highest BCUT2D eigenvalue weighted by Gasteiger charge is 2.33. The van der Waals surface area contributed by atoms with Gasteiger partial charge in [0, 0.05) is 25.0 Å². The van der Waals surface area contributed by atoms with Crippen LogP contribution in [0.1, 0.15) is 5.56 Å². The average molecular weight is 330 g/mol. The van der Waals surface area contributed by atoms with E-state index in [1.165, 1.54) is 0 Å². The number of hydrogen-bond acceptors (Lipinski definition) is 2. The van der Waals surface area contributed by atoms with E-state index in [0.29, 0.717) is 19.6 Å². The highest BCUT2D eigenvalue weighted by molar-refractivity contribution is 6.41. The van der Waals surface area contributed by atoms with Crippen molar-refractivity contribution >= 4 is 28.3 Å². The molecule has 0 N–H and O–H groups in total.